The maximum absolute atomic E-state index is 13.1. The largest absolute Gasteiger partial charge is 0.366 e. The summed E-state index contributed by atoms with van der Waals surface area (Å²) >= 11 is 6.50. The maximum atomic E-state index is 13.1. The van der Waals surface area contributed by atoms with E-state index in [0.29, 0.717) is 48.3 Å². The van der Waals surface area contributed by atoms with Crippen LogP contribution in [0.1, 0.15) is 36.5 Å². The second-order valence-corrected chi connectivity index (χ2v) is 9.00. The van der Waals surface area contributed by atoms with Gasteiger partial charge in [0.1, 0.15) is 5.69 Å². The van der Waals surface area contributed by atoms with Gasteiger partial charge >= 0.3 is 0 Å². The van der Waals surface area contributed by atoms with Crippen LogP contribution in [0.2, 0.25) is 5.02 Å². The third-order valence-electron chi connectivity index (χ3n) is 6.41. The number of rotatable bonds is 5. The average molecular weight is 486 g/mol. The van der Waals surface area contributed by atoms with Crippen molar-refractivity contribution in [3.05, 3.63) is 57.1 Å². The van der Waals surface area contributed by atoms with Gasteiger partial charge in [-0.05, 0) is 43.5 Å². The molecule has 2 heterocycles. The van der Waals surface area contributed by atoms with Crippen molar-refractivity contribution in [2.45, 2.75) is 26.2 Å². The van der Waals surface area contributed by atoms with Gasteiger partial charge in [0.25, 0.3) is 11.6 Å². The molecule has 0 saturated carbocycles. The molecule has 2 aromatic rings. The minimum atomic E-state index is -0.445. The zero-order chi connectivity index (χ0) is 24.2. The van der Waals surface area contributed by atoms with Crippen LogP contribution in [0.25, 0.3) is 0 Å². The average Bonchev–Trinajstić information content (AvgIpc) is 2.84. The van der Waals surface area contributed by atoms with Crippen LogP contribution < -0.4 is 15.1 Å². The van der Waals surface area contributed by atoms with Gasteiger partial charge in [-0.3, -0.25) is 19.7 Å². The Morgan fingerprint density at radius 1 is 0.971 bits per heavy atom. The first-order valence-electron chi connectivity index (χ1n) is 11.5. The lowest BCUT2D eigenvalue weighted by atomic mass is 10.1. The zero-order valence-electron chi connectivity index (χ0n) is 19.1. The van der Waals surface area contributed by atoms with Crippen LogP contribution in [0.15, 0.2) is 36.4 Å². The van der Waals surface area contributed by atoms with E-state index in [1.54, 1.807) is 42.2 Å². The van der Waals surface area contributed by atoms with E-state index in [0.717, 1.165) is 32.4 Å². The maximum Gasteiger partial charge on any atom is 0.293 e. The van der Waals surface area contributed by atoms with Gasteiger partial charge in [0.2, 0.25) is 5.91 Å². The smallest absolute Gasteiger partial charge is 0.293 e. The van der Waals surface area contributed by atoms with Gasteiger partial charge in [-0.15, -0.1) is 0 Å². The molecule has 1 N–H and O–H groups in total. The summed E-state index contributed by atoms with van der Waals surface area (Å²) in [7, 11) is 0. The number of benzene rings is 2. The van der Waals surface area contributed by atoms with Crippen molar-refractivity contribution in [1.82, 2.24) is 4.90 Å². The standard InChI is InChI=1S/C24H28ClN5O4/c1-17(31)27-12-14-29(15-13-27)23-19(25)6-5-7-20(23)26-24(32)18-8-9-21(22(16-18)30(33)34)28-10-3-2-4-11-28/h5-9,16H,2-4,10-15H2,1H3,(H,26,32). The second kappa shape index (κ2) is 10.3. The van der Waals surface area contributed by atoms with Crippen molar-refractivity contribution in [3.8, 4) is 0 Å². The molecule has 0 aliphatic carbocycles. The van der Waals surface area contributed by atoms with E-state index in [4.69, 9.17) is 11.6 Å². The molecule has 2 amide bonds. The molecule has 34 heavy (non-hydrogen) atoms. The van der Waals surface area contributed by atoms with Crippen molar-refractivity contribution in [3.63, 3.8) is 0 Å². The number of carbonyl (C=O) groups is 2. The number of nitro benzene ring substituents is 1. The molecule has 0 unspecified atom stereocenters. The molecule has 4 rings (SSSR count). The lowest BCUT2D eigenvalue weighted by Gasteiger charge is -2.37. The number of nitrogens with zero attached hydrogens (tertiary/aromatic N) is 4. The van der Waals surface area contributed by atoms with Gasteiger partial charge in [0.05, 0.1) is 21.3 Å². The van der Waals surface area contributed by atoms with Crippen LogP contribution in [0.4, 0.5) is 22.7 Å². The van der Waals surface area contributed by atoms with E-state index < -0.39 is 10.8 Å². The first kappa shape index (κ1) is 23.8. The van der Waals surface area contributed by atoms with Crippen LogP contribution in [0.5, 0.6) is 0 Å². The van der Waals surface area contributed by atoms with Gasteiger partial charge in [-0.25, -0.2) is 0 Å². The highest BCUT2D eigenvalue weighted by Crippen LogP contribution is 2.36. The van der Waals surface area contributed by atoms with Crippen molar-refractivity contribution >= 4 is 46.2 Å². The molecule has 2 aliphatic rings. The number of para-hydroxylation sites is 1. The van der Waals surface area contributed by atoms with Gasteiger partial charge in [-0.1, -0.05) is 17.7 Å². The summed E-state index contributed by atoms with van der Waals surface area (Å²) in [5, 5.41) is 15.1. The molecule has 2 aromatic carbocycles. The Hall–Kier alpha value is -3.33. The molecule has 2 saturated heterocycles. The Bertz CT molecular complexity index is 1090. The molecule has 0 radical (unpaired) electrons. The number of hydrogen-bond donors (Lipinski definition) is 1. The lowest BCUT2D eigenvalue weighted by molar-refractivity contribution is -0.384. The highest BCUT2D eigenvalue weighted by atomic mass is 35.5. The summed E-state index contributed by atoms with van der Waals surface area (Å²) in [4.78, 5) is 41.9. The minimum Gasteiger partial charge on any atom is -0.366 e. The summed E-state index contributed by atoms with van der Waals surface area (Å²) in [5.41, 5.74) is 1.89. The predicted octanol–water partition coefficient (Wildman–Crippen LogP) is 4.16. The Morgan fingerprint density at radius 2 is 1.68 bits per heavy atom. The van der Waals surface area contributed by atoms with Crippen LogP contribution in [-0.4, -0.2) is 60.9 Å². The van der Waals surface area contributed by atoms with E-state index >= 15 is 0 Å². The fourth-order valence-electron chi connectivity index (χ4n) is 4.59. The molecule has 2 fully saturated rings. The van der Waals surface area contributed by atoms with Crippen molar-refractivity contribution in [2.75, 3.05) is 54.4 Å². The van der Waals surface area contributed by atoms with Gasteiger partial charge in [-0.2, -0.15) is 0 Å². The first-order chi connectivity index (χ1) is 16.3. The summed E-state index contributed by atoms with van der Waals surface area (Å²) in [6, 6.07) is 9.89. The molecule has 9 nitrogen and oxygen atoms in total. The Kier molecular flexibility index (Phi) is 7.21. The van der Waals surface area contributed by atoms with Crippen LogP contribution in [-0.2, 0) is 4.79 Å². The number of amides is 2. The minimum absolute atomic E-state index is 0.0296. The fourth-order valence-corrected chi connectivity index (χ4v) is 4.88. The van der Waals surface area contributed by atoms with Gasteiger partial charge < -0.3 is 20.0 Å². The van der Waals surface area contributed by atoms with E-state index in [9.17, 15) is 19.7 Å². The highest BCUT2D eigenvalue weighted by Gasteiger charge is 2.25. The summed E-state index contributed by atoms with van der Waals surface area (Å²) in [5.74, 6) is -0.416. The molecular formula is C24H28ClN5O4. The highest BCUT2D eigenvalue weighted by molar-refractivity contribution is 6.34. The molecule has 0 bridgehead atoms. The summed E-state index contributed by atoms with van der Waals surface area (Å²) in [6.45, 7) is 5.40. The molecule has 180 valence electrons. The number of piperidine rings is 1. The van der Waals surface area contributed by atoms with Crippen molar-refractivity contribution in [2.24, 2.45) is 0 Å². The SMILES string of the molecule is CC(=O)N1CCN(c2c(Cl)cccc2NC(=O)c2ccc(N3CCCCC3)c([N+](=O)[O-])c2)CC1. The summed E-state index contributed by atoms with van der Waals surface area (Å²) in [6.07, 6.45) is 3.12. The first-order valence-corrected chi connectivity index (χ1v) is 11.9. The number of piperazine rings is 1. The topological polar surface area (TPSA) is 99.0 Å². The van der Waals surface area contributed by atoms with Crippen molar-refractivity contribution < 1.29 is 14.5 Å². The second-order valence-electron chi connectivity index (χ2n) is 8.59. The van der Waals surface area contributed by atoms with Crippen LogP contribution in [0.3, 0.4) is 0 Å². The molecule has 0 spiro atoms. The van der Waals surface area contributed by atoms with Crippen LogP contribution >= 0.6 is 11.6 Å². The summed E-state index contributed by atoms with van der Waals surface area (Å²) < 4.78 is 0. The quantitative estimate of drug-likeness (QED) is 0.504. The van der Waals surface area contributed by atoms with Gasteiger partial charge in [0, 0.05) is 57.8 Å². The molecular weight excluding hydrogens is 458 g/mol. The normalized spacial score (nSPS) is 16.4. The zero-order valence-corrected chi connectivity index (χ0v) is 19.9. The number of halogens is 1. The molecule has 10 heteroatoms. The third-order valence-corrected chi connectivity index (χ3v) is 6.71. The van der Waals surface area contributed by atoms with E-state index in [1.165, 1.54) is 6.07 Å². The number of nitrogens with one attached hydrogen (secondary N) is 1. The van der Waals surface area contributed by atoms with Crippen molar-refractivity contribution in [1.29, 1.82) is 0 Å². The monoisotopic (exact) mass is 485 g/mol. The number of nitro groups is 1. The third kappa shape index (κ3) is 5.09. The fraction of sp³-hybridized carbons (Fsp3) is 0.417. The van der Waals surface area contributed by atoms with E-state index in [1.807, 2.05) is 9.80 Å². The Morgan fingerprint density at radius 3 is 2.32 bits per heavy atom. The lowest BCUT2D eigenvalue weighted by Crippen LogP contribution is -2.48. The van der Waals surface area contributed by atoms with E-state index in [2.05, 4.69) is 5.32 Å². The van der Waals surface area contributed by atoms with Crippen LogP contribution in [0, 0.1) is 10.1 Å². The predicted molar refractivity (Wildman–Crippen MR) is 133 cm³/mol. The van der Waals surface area contributed by atoms with Gasteiger partial charge in [0.15, 0.2) is 0 Å². The Labute approximate surface area is 203 Å². The Balaban J connectivity index is 1.56. The molecule has 0 atom stereocenters. The molecule has 2 aliphatic heterocycles. The van der Waals surface area contributed by atoms with E-state index in [-0.39, 0.29) is 17.2 Å². The number of hydrogen-bond acceptors (Lipinski definition) is 6. The number of anilines is 3. The molecule has 0 aromatic heterocycles. The number of carbonyl (C=O) groups excluding carboxylic acids is 2.